The Kier molecular flexibility index (Phi) is 7.38. The zero-order valence-corrected chi connectivity index (χ0v) is 20.3. The van der Waals surface area contributed by atoms with Crippen LogP contribution in [0.1, 0.15) is 24.3 Å². The summed E-state index contributed by atoms with van der Waals surface area (Å²) in [4.78, 5) is 14.1. The number of benzene rings is 2. The van der Waals surface area contributed by atoms with E-state index < -0.39 is 15.9 Å². The van der Waals surface area contributed by atoms with Crippen LogP contribution in [0.5, 0.6) is 0 Å². The van der Waals surface area contributed by atoms with Gasteiger partial charge in [-0.15, -0.1) is 16.9 Å². The number of sulfonamides is 1. The van der Waals surface area contributed by atoms with E-state index >= 15 is 0 Å². The maximum absolute atomic E-state index is 13.0. The van der Waals surface area contributed by atoms with Crippen LogP contribution >= 0.6 is 23.4 Å². The van der Waals surface area contributed by atoms with Crippen molar-refractivity contribution in [3.8, 4) is 0 Å². The summed E-state index contributed by atoms with van der Waals surface area (Å²) in [5, 5.41) is 11.0. The topological polar surface area (TPSA) is 105 Å². The molecule has 1 aliphatic heterocycles. The first-order valence-corrected chi connectivity index (χ1v) is 13.4. The van der Waals surface area contributed by atoms with Gasteiger partial charge in [0, 0.05) is 23.0 Å². The molecule has 2 aromatic carbocycles. The van der Waals surface area contributed by atoms with E-state index in [-0.39, 0.29) is 23.4 Å². The van der Waals surface area contributed by atoms with Crippen LogP contribution in [-0.2, 0) is 21.2 Å². The minimum absolute atomic E-state index is 0.00779. The van der Waals surface area contributed by atoms with Gasteiger partial charge in [0.15, 0.2) is 0 Å². The van der Waals surface area contributed by atoms with Crippen molar-refractivity contribution in [2.24, 2.45) is 5.92 Å². The first-order valence-electron chi connectivity index (χ1n) is 10.4. The minimum atomic E-state index is -3.71. The van der Waals surface area contributed by atoms with Gasteiger partial charge in [-0.25, -0.2) is 8.42 Å². The monoisotopic (exact) mass is 506 g/mol. The second-order valence-corrected chi connectivity index (χ2v) is 10.9. The molecule has 0 saturated carbocycles. The van der Waals surface area contributed by atoms with Gasteiger partial charge in [-0.2, -0.15) is 4.31 Å². The fourth-order valence-electron chi connectivity index (χ4n) is 3.63. The second-order valence-electron chi connectivity index (χ2n) is 7.67. The number of carbonyl (C=O) groups is 1. The fraction of sp³-hybridized carbons (Fsp3) is 0.318. The van der Waals surface area contributed by atoms with Crippen molar-refractivity contribution in [3.05, 3.63) is 65.0 Å². The molecule has 1 amide bonds. The predicted molar refractivity (Wildman–Crippen MR) is 127 cm³/mol. The Hall–Kier alpha value is -2.40. The van der Waals surface area contributed by atoms with Crippen molar-refractivity contribution in [1.82, 2.24) is 14.5 Å². The lowest BCUT2D eigenvalue weighted by atomic mass is 9.99. The van der Waals surface area contributed by atoms with E-state index in [4.69, 9.17) is 16.0 Å². The largest absolute Gasteiger partial charge is 0.407 e. The van der Waals surface area contributed by atoms with Crippen molar-refractivity contribution < 1.29 is 17.6 Å². The molecule has 1 aliphatic rings. The van der Waals surface area contributed by atoms with E-state index in [1.54, 1.807) is 11.8 Å². The SMILES string of the molecule is CSc1ccc(Cc2nnc(NC(=O)C3CCCN(S(=O)(=O)c4ccc(Cl)cc4)C3)o2)cc1. The number of rotatable bonds is 7. The fourth-order valence-corrected chi connectivity index (χ4v) is 5.69. The highest BCUT2D eigenvalue weighted by Gasteiger charge is 2.33. The molecule has 1 fully saturated rings. The number of aromatic nitrogens is 2. The van der Waals surface area contributed by atoms with E-state index in [9.17, 15) is 13.2 Å². The highest BCUT2D eigenvalue weighted by molar-refractivity contribution is 7.98. The number of hydrogen-bond donors (Lipinski definition) is 1. The molecule has 1 N–H and O–H groups in total. The number of halogens is 1. The van der Waals surface area contributed by atoms with Crippen molar-refractivity contribution in [1.29, 1.82) is 0 Å². The number of anilines is 1. The highest BCUT2D eigenvalue weighted by atomic mass is 35.5. The summed E-state index contributed by atoms with van der Waals surface area (Å²) >= 11 is 7.53. The average molecular weight is 507 g/mol. The minimum Gasteiger partial charge on any atom is -0.407 e. The highest BCUT2D eigenvalue weighted by Crippen LogP contribution is 2.26. The maximum atomic E-state index is 13.0. The zero-order chi connectivity index (χ0) is 23.4. The molecule has 0 spiro atoms. The van der Waals surface area contributed by atoms with Gasteiger partial charge in [0.25, 0.3) is 0 Å². The van der Waals surface area contributed by atoms with Crippen LogP contribution in [0.2, 0.25) is 5.02 Å². The lowest BCUT2D eigenvalue weighted by Gasteiger charge is -2.30. The molecule has 11 heteroatoms. The summed E-state index contributed by atoms with van der Waals surface area (Å²) in [5.74, 6) is -0.474. The van der Waals surface area contributed by atoms with Crippen LogP contribution < -0.4 is 5.32 Å². The number of amides is 1. The molecule has 8 nitrogen and oxygen atoms in total. The van der Waals surface area contributed by atoms with Gasteiger partial charge in [-0.05, 0) is 61.1 Å². The van der Waals surface area contributed by atoms with Gasteiger partial charge in [0.1, 0.15) is 0 Å². The predicted octanol–water partition coefficient (Wildman–Crippen LogP) is 4.08. The summed E-state index contributed by atoms with van der Waals surface area (Å²) in [6, 6.07) is 14.0. The summed E-state index contributed by atoms with van der Waals surface area (Å²) in [6.07, 6.45) is 3.61. The van der Waals surface area contributed by atoms with Gasteiger partial charge in [0.05, 0.1) is 17.2 Å². The van der Waals surface area contributed by atoms with Gasteiger partial charge < -0.3 is 4.42 Å². The molecule has 0 bridgehead atoms. The molecule has 1 unspecified atom stereocenters. The Labute approximate surface area is 201 Å². The first-order chi connectivity index (χ1) is 15.8. The number of thioether (sulfide) groups is 1. The quantitative estimate of drug-likeness (QED) is 0.481. The molecule has 33 heavy (non-hydrogen) atoms. The molecular weight excluding hydrogens is 484 g/mol. The number of carbonyl (C=O) groups excluding carboxylic acids is 1. The smallest absolute Gasteiger partial charge is 0.322 e. The van der Waals surface area contributed by atoms with Crippen LogP contribution in [0.3, 0.4) is 0 Å². The van der Waals surface area contributed by atoms with Crippen molar-refractivity contribution in [2.45, 2.75) is 29.1 Å². The van der Waals surface area contributed by atoms with Crippen LogP contribution in [0, 0.1) is 5.92 Å². The van der Waals surface area contributed by atoms with Gasteiger partial charge in [0.2, 0.25) is 21.8 Å². The lowest BCUT2D eigenvalue weighted by Crippen LogP contribution is -2.43. The zero-order valence-electron chi connectivity index (χ0n) is 17.9. The molecule has 0 radical (unpaired) electrons. The van der Waals surface area contributed by atoms with Crippen LogP contribution in [0.25, 0.3) is 0 Å². The third-order valence-electron chi connectivity index (χ3n) is 5.42. The molecule has 2 heterocycles. The first kappa shape index (κ1) is 23.7. The van der Waals surface area contributed by atoms with Crippen molar-refractivity contribution >= 4 is 45.3 Å². The number of piperidine rings is 1. The van der Waals surface area contributed by atoms with Gasteiger partial charge in [-0.1, -0.05) is 28.8 Å². The third-order valence-corrected chi connectivity index (χ3v) is 8.29. The van der Waals surface area contributed by atoms with Gasteiger partial charge >= 0.3 is 6.01 Å². The van der Waals surface area contributed by atoms with Crippen LogP contribution in [0.4, 0.5) is 6.01 Å². The summed E-state index contributed by atoms with van der Waals surface area (Å²) in [7, 11) is -3.71. The number of nitrogens with zero attached hydrogens (tertiary/aromatic N) is 3. The Morgan fingerprint density at radius 1 is 1.18 bits per heavy atom. The lowest BCUT2D eigenvalue weighted by molar-refractivity contribution is -0.121. The van der Waals surface area contributed by atoms with Crippen molar-refractivity contribution in [2.75, 3.05) is 24.7 Å². The molecule has 4 rings (SSSR count). The molecule has 1 aromatic heterocycles. The Morgan fingerprint density at radius 2 is 1.91 bits per heavy atom. The van der Waals surface area contributed by atoms with E-state index in [0.29, 0.717) is 36.7 Å². The Morgan fingerprint density at radius 3 is 2.61 bits per heavy atom. The molecule has 1 atom stereocenters. The van der Waals surface area contributed by atoms with E-state index in [2.05, 4.69) is 15.5 Å². The van der Waals surface area contributed by atoms with Crippen LogP contribution in [0.15, 0.2) is 62.7 Å². The molecule has 174 valence electrons. The summed E-state index contributed by atoms with van der Waals surface area (Å²) in [5.41, 5.74) is 1.02. The average Bonchev–Trinajstić information content (AvgIpc) is 3.26. The summed E-state index contributed by atoms with van der Waals surface area (Å²) in [6.45, 7) is 0.439. The van der Waals surface area contributed by atoms with E-state index in [0.717, 1.165) is 10.5 Å². The molecular formula is C22H23ClN4O4S2. The molecule has 3 aromatic rings. The standard InChI is InChI=1S/C22H23ClN4O4S2/c1-32-18-8-4-15(5-9-18)13-20-25-26-22(31-20)24-21(28)16-3-2-12-27(14-16)33(29,30)19-10-6-17(23)7-11-19/h4-11,16H,2-3,12-14H2,1H3,(H,24,26,28). The third kappa shape index (κ3) is 5.75. The maximum Gasteiger partial charge on any atom is 0.322 e. The second kappa shape index (κ2) is 10.3. The van der Waals surface area contributed by atoms with Gasteiger partial charge in [-0.3, -0.25) is 10.1 Å². The number of nitrogens with one attached hydrogen (secondary N) is 1. The Bertz CT molecular complexity index is 1210. The number of hydrogen-bond acceptors (Lipinski definition) is 7. The van der Waals surface area contributed by atoms with E-state index in [1.165, 1.54) is 28.6 Å². The van der Waals surface area contributed by atoms with E-state index in [1.807, 2.05) is 30.5 Å². The van der Waals surface area contributed by atoms with Crippen molar-refractivity contribution in [3.63, 3.8) is 0 Å². The molecule has 1 saturated heterocycles. The molecule has 0 aliphatic carbocycles. The van der Waals surface area contributed by atoms with Crippen LogP contribution in [-0.4, -0.2) is 48.2 Å². The normalized spacial score (nSPS) is 17.1. The Balaban J connectivity index is 1.38. The summed E-state index contributed by atoms with van der Waals surface area (Å²) < 4.78 is 32.8.